The van der Waals surface area contributed by atoms with E-state index in [1.54, 1.807) is 0 Å². The minimum Gasteiger partial charge on any atom is -0.381 e. The lowest BCUT2D eigenvalue weighted by molar-refractivity contribution is -0.00604. The molecular weight excluding hydrogens is 236 g/mol. The second-order valence-electron chi connectivity index (χ2n) is 6.87. The molecule has 1 N–H and O–H groups in total. The van der Waals surface area contributed by atoms with Gasteiger partial charge in [0.25, 0.3) is 0 Å². The molecule has 19 heavy (non-hydrogen) atoms. The summed E-state index contributed by atoms with van der Waals surface area (Å²) in [5, 5.41) is 3.66. The molecule has 3 nitrogen and oxygen atoms in total. The minimum atomic E-state index is 0.410. The van der Waals surface area contributed by atoms with E-state index in [1.165, 1.54) is 25.9 Å². The van der Waals surface area contributed by atoms with Crippen molar-refractivity contribution in [1.82, 2.24) is 10.2 Å². The Labute approximate surface area is 120 Å². The highest BCUT2D eigenvalue weighted by molar-refractivity contribution is 4.87. The van der Waals surface area contributed by atoms with Gasteiger partial charge in [0, 0.05) is 38.9 Å². The fourth-order valence-electron chi connectivity index (χ4n) is 2.91. The van der Waals surface area contributed by atoms with Gasteiger partial charge < -0.3 is 15.0 Å². The Morgan fingerprint density at radius 3 is 2.26 bits per heavy atom. The normalized spacial score (nSPS) is 19.6. The van der Waals surface area contributed by atoms with Gasteiger partial charge >= 0.3 is 0 Å². The van der Waals surface area contributed by atoms with Gasteiger partial charge in [-0.25, -0.2) is 0 Å². The molecule has 0 aromatic heterocycles. The summed E-state index contributed by atoms with van der Waals surface area (Å²) in [4.78, 5) is 2.62. The first-order chi connectivity index (χ1) is 8.97. The first-order valence-electron chi connectivity index (χ1n) is 8.01. The molecular formula is C16H34N2O. The second-order valence-corrected chi connectivity index (χ2v) is 6.87. The predicted molar refractivity (Wildman–Crippen MR) is 82.6 cm³/mol. The van der Waals surface area contributed by atoms with E-state index in [2.05, 4.69) is 44.8 Å². The quantitative estimate of drug-likeness (QED) is 0.734. The average Bonchev–Trinajstić information content (AvgIpc) is 2.36. The van der Waals surface area contributed by atoms with Crippen molar-refractivity contribution in [2.45, 2.75) is 53.5 Å². The Morgan fingerprint density at radius 2 is 1.79 bits per heavy atom. The molecule has 0 amide bonds. The van der Waals surface area contributed by atoms with E-state index in [4.69, 9.17) is 4.74 Å². The van der Waals surface area contributed by atoms with Gasteiger partial charge in [-0.1, -0.05) is 34.6 Å². The summed E-state index contributed by atoms with van der Waals surface area (Å²) in [5.74, 6) is 0.745. The third kappa shape index (κ3) is 6.24. The Bertz CT molecular complexity index is 235. The number of hydrogen-bond acceptors (Lipinski definition) is 3. The monoisotopic (exact) mass is 270 g/mol. The number of nitrogens with zero attached hydrogens (tertiary/aromatic N) is 1. The van der Waals surface area contributed by atoms with Gasteiger partial charge in [-0.05, 0) is 30.7 Å². The van der Waals surface area contributed by atoms with Crippen LogP contribution < -0.4 is 5.32 Å². The van der Waals surface area contributed by atoms with Gasteiger partial charge in [-0.2, -0.15) is 0 Å². The van der Waals surface area contributed by atoms with Crippen LogP contribution in [0.1, 0.15) is 47.5 Å². The lowest BCUT2D eigenvalue weighted by atomic mass is 9.79. The Morgan fingerprint density at radius 1 is 1.16 bits per heavy atom. The highest BCUT2D eigenvalue weighted by Gasteiger charge is 2.34. The van der Waals surface area contributed by atoms with Crippen LogP contribution in [0, 0.1) is 11.3 Å². The first kappa shape index (κ1) is 16.9. The fourth-order valence-corrected chi connectivity index (χ4v) is 2.91. The van der Waals surface area contributed by atoms with Crippen LogP contribution in [0.3, 0.4) is 0 Å². The average molecular weight is 270 g/mol. The third-order valence-electron chi connectivity index (χ3n) is 4.07. The summed E-state index contributed by atoms with van der Waals surface area (Å²) in [5.41, 5.74) is 0.410. The van der Waals surface area contributed by atoms with Gasteiger partial charge in [-0.15, -0.1) is 0 Å². The minimum absolute atomic E-state index is 0.410. The van der Waals surface area contributed by atoms with E-state index < -0.39 is 0 Å². The van der Waals surface area contributed by atoms with Crippen molar-refractivity contribution in [2.75, 3.05) is 39.4 Å². The molecule has 0 bridgehead atoms. The maximum atomic E-state index is 5.58. The number of hydrogen-bond donors (Lipinski definition) is 1. The van der Waals surface area contributed by atoms with E-state index in [-0.39, 0.29) is 0 Å². The number of rotatable bonds is 8. The summed E-state index contributed by atoms with van der Waals surface area (Å²) in [6.45, 7) is 17.9. The van der Waals surface area contributed by atoms with Gasteiger partial charge in [0.15, 0.2) is 0 Å². The highest BCUT2D eigenvalue weighted by Crippen LogP contribution is 2.31. The molecule has 0 spiro atoms. The summed E-state index contributed by atoms with van der Waals surface area (Å²) in [6.07, 6.45) is 2.39. The predicted octanol–water partition coefficient (Wildman–Crippen LogP) is 2.76. The van der Waals surface area contributed by atoms with Crippen molar-refractivity contribution >= 4 is 0 Å². The van der Waals surface area contributed by atoms with Crippen molar-refractivity contribution < 1.29 is 4.74 Å². The van der Waals surface area contributed by atoms with Crippen LogP contribution in [-0.2, 0) is 4.74 Å². The van der Waals surface area contributed by atoms with E-state index in [0.29, 0.717) is 11.5 Å². The molecule has 1 saturated heterocycles. The van der Waals surface area contributed by atoms with E-state index in [9.17, 15) is 0 Å². The van der Waals surface area contributed by atoms with Gasteiger partial charge in [0.05, 0.1) is 0 Å². The standard InChI is InChI=1S/C16H34N2O/c1-6-18(11-14(2)3)13-16(12-17-15(4)5)7-9-19-10-8-16/h14-15,17H,6-13H2,1-5H3. The molecule has 1 fully saturated rings. The smallest absolute Gasteiger partial charge is 0.0472 e. The summed E-state index contributed by atoms with van der Waals surface area (Å²) >= 11 is 0. The third-order valence-corrected chi connectivity index (χ3v) is 4.07. The topological polar surface area (TPSA) is 24.5 Å². The van der Waals surface area contributed by atoms with E-state index in [1.807, 2.05) is 0 Å². The van der Waals surface area contributed by atoms with Crippen molar-refractivity contribution in [3.8, 4) is 0 Å². The van der Waals surface area contributed by atoms with Crippen LogP contribution in [-0.4, -0.2) is 50.3 Å². The van der Waals surface area contributed by atoms with E-state index in [0.717, 1.165) is 32.2 Å². The SMILES string of the molecule is CCN(CC(C)C)CC1(CNC(C)C)CCOCC1. The van der Waals surface area contributed by atoms with Crippen molar-refractivity contribution in [3.05, 3.63) is 0 Å². The Hall–Kier alpha value is -0.120. The summed E-state index contributed by atoms with van der Waals surface area (Å²) < 4.78 is 5.58. The van der Waals surface area contributed by atoms with Crippen LogP contribution in [0.25, 0.3) is 0 Å². The molecule has 0 radical (unpaired) electrons. The lowest BCUT2D eigenvalue weighted by Gasteiger charge is -2.42. The molecule has 0 aliphatic carbocycles. The second kappa shape index (κ2) is 8.23. The maximum absolute atomic E-state index is 5.58. The first-order valence-corrected chi connectivity index (χ1v) is 8.01. The zero-order valence-corrected chi connectivity index (χ0v) is 13.7. The molecule has 1 rings (SSSR count). The Kier molecular flexibility index (Phi) is 7.33. The van der Waals surface area contributed by atoms with E-state index >= 15 is 0 Å². The maximum Gasteiger partial charge on any atom is 0.0472 e. The molecule has 0 aromatic carbocycles. The largest absolute Gasteiger partial charge is 0.381 e. The Balaban J connectivity index is 2.61. The molecule has 0 saturated carbocycles. The molecule has 1 aliphatic rings. The lowest BCUT2D eigenvalue weighted by Crippen LogP contribution is -2.49. The molecule has 114 valence electrons. The van der Waals surface area contributed by atoms with Crippen molar-refractivity contribution in [3.63, 3.8) is 0 Å². The molecule has 0 unspecified atom stereocenters. The van der Waals surface area contributed by atoms with Gasteiger partial charge in [-0.3, -0.25) is 0 Å². The molecule has 3 heteroatoms. The van der Waals surface area contributed by atoms with Crippen LogP contribution in [0.15, 0.2) is 0 Å². The zero-order valence-electron chi connectivity index (χ0n) is 13.7. The number of ether oxygens (including phenoxy) is 1. The number of nitrogens with one attached hydrogen (secondary N) is 1. The van der Waals surface area contributed by atoms with Crippen molar-refractivity contribution in [2.24, 2.45) is 11.3 Å². The fraction of sp³-hybridized carbons (Fsp3) is 1.00. The highest BCUT2D eigenvalue weighted by atomic mass is 16.5. The van der Waals surface area contributed by atoms with Crippen LogP contribution >= 0.6 is 0 Å². The van der Waals surface area contributed by atoms with Gasteiger partial charge in [0.1, 0.15) is 0 Å². The van der Waals surface area contributed by atoms with Gasteiger partial charge in [0.2, 0.25) is 0 Å². The molecule has 0 aromatic rings. The summed E-state index contributed by atoms with van der Waals surface area (Å²) in [7, 11) is 0. The molecule has 1 heterocycles. The van der Waals surface area contributed by atoms with Crippen LogP contribution in [0.5, 0.6) is 0 Å². The van der Waals surface area contributed by atoms with Crippen molar-refractivity contribution in [1.29, 1.82) is 0 Å². The molecule has 0 atom stereocenters. The van der Waals surface area contributed by atoms with Crippen LogP contribution in [0.2, 0.25) is 0 Å². The van der Waals surface area contributed by atoms with Crippen LogP contribution in [0.4, 0.5) is 0 Å². The molecule has 1 aliphatic heterocycles. The summed E-state index contributed by atoms with van der Waals surface area (Å²) in [6, 6.07) is 0.569. The zero-order chi connectivity index (χ0) is 14.3.